The number of rotatable bonds is 12. The molecule has 0 bridgehead atoms. The number of hydrogen-bond donors (Lipinski definition) is 0. The van der Waals surface area contributed by atoms with Crippen LogP contribution < -0.4 is 14.2 Å². The molecule has 0 aliphatic heterocycles. The van der Waals surface area contributed by atoms with Gasteiger partial charge in [0.25, 0.3) is 0 Å². The van der Waals surface area contributed by atoms with Crippen molar-refractivity contribution < 1.29 is 19.0 Å². The highest BCUT2D eigenvalue weighted by Crippen LogP contribution is 2.33. The molecule has 1 aliphatic carbocycles. The highest BCUT2D eigenvalue weighted by atomic mass is 16.6. The number of nitrogens with zero attached hydrogens (tertiary/aromatic N) is 1. The zero-order valence-corrected chi connectivity index (χ0v) is 24.0. The predicted molar refractivity (Wildman–Crippen MR) is 154 cm³/mol. The van der Waals surface area contributed by atoms with Gasteiger partial charge in [-0.15, -0.1) is 0 Å². The Hall–Kier alpha value is -2.95. The van der Waals surface area contributed by atoms with Crippen LogP contribution in [0.3, 0.4) is 0 Å². The molecule has 1 saturated carbocycles. The molecule has 0 amide bonds. The van der Waals surface area contributed by atoms with Gasteiger partial charge in [-0.25, -0.2) is 0 Å². The van der Waals surface area contributed by atoms with Crippen molar-refractivity contribution in [2.75, 3.05) is 26.9 Å². The van der Waals surface area contributed by atoms with E-state index in [2.05, 4.69) is 50.2 Å². The molecule has 1 fully saturated rings. The van der Waals surface area contributed by atoms with Gasteiger partial charge in [-0.1, -0.05) is 38.1 Å². The fourth-order valence-electron chi connectivity index (χ4n) is 4.62. The van der Waals surface area contributed by atoms with Gasteiger partial charge < -0.3 is 19.0 Å². The Morgan fingerprint density at radius 1 is 0.865 bits per heavy atom. The third-order valence-electron chi connectivity index (χ3n) is 6.66. The number of hydrogen-bond acceptors (Lipinski definition) is 5. The summed E-state index contributed by atoms with van der Waals surface area (Å²) in [4.78, 5) is 4.93. The van der Waals surface area contributed by atoms with Crippen LogP contribution >= 0.6 is 0 Å². The molecule has 0 heterocycles. The lowest BCUT2D eigenvalue weighted by Crippen LogP contribution is -2.23. The van der Waals surface area contributed by atoms with Gasteiger partial charge in [0, 0.05) is 0 Å². The summed E-state index contributed by atoms with van der Waals surface area (Å²) in [7, 11) is 1.58. The van der Waals surface area contributed by atoms with Crippen LogP contribution in [-0.4, -0.2) is 32.6 Å². The van der Waals surface area contributed by atoms with Gasteiger partial charge in [0.15, 0.2) is 0 Å². The smallest absolute Gasteiger partial charge is 0.125 e. The van der Waals surface area contributed by atoms with Gasteiger partial charge in [0.2, 0.25) is 0 Å². The average Bonchev–Trinajstić information content (AvgIpc) is 2.92. The molecule has 0 saturated heterocycles. The molecule has 5 heteroatoms. The first-order valence-electron chi connectivity index (χ1n) is 13.8. The summed E-state index contributed by atoms with van der Waals surface area (Å²) in [6, 6.07) is 12.3. The van der Waals surface area contributed by atoms with E-state index in [9.17, 15) is 0 Å². The Morgan fingerprint density at radius 2 is 1.43 bits per heavy atom. The van der Waals surface area contributed by atoms with Gasteiger partial charge in [-0.05, 0) is 118 Å². The second-order valence-corrected chi connectivity index (χ2v) is 9.37. The SMILES string of the molecule is C/C=C/COc1cc(C)c(OCC2CCC(COc3ccc(/C(CC)=N\OC)cc3)CC2)c(C)c1.CC. The van der Waals surface area contributed by atoms with Crippen molar-refractivity contribution in [3.05, 3.63) is 65.2 Å². The van der Waals surface area contributed by atoms with Crippen molar-refractivity contribution in [1.82, 2.24) is 0 Å². The van der Waals surface area contributed by atoms with E-state index in [0.717, 1.165) is 59.3 Å². The summed E-state index contributed by atoms with van der Waals surface area (Å²) in [5.41, 5.74) is 4.28. The van der Waals surface area contributed by atoms with E-state index in [1.54, 1.807) is 7.11 Å². The fourth-order valence-corrected chi connectivity index (χ4v) is 4.62. The second kappa shape index (κ2) is 16.7. The molecule has 5 nitrogen and oxygen atoms in total. The van der Waals surface area contributed by atoms with E-state index >= 15 is 0 Å². The summed E-state index contributed by atoms with van der Waals surface area (Å²) in [6.07, 6.45) is 9.57. The summed E-state index contributed by atoms with van der Waals surface area (Å²) in [6.45, 7) is 14.4. The topological polar surface area (TPSA) is 49.3 Å². The van der Waals surface area contributed by atoms with Crippen LogP contribution in [0.4, 0.5) is 0 Å². The first-order chi connectivity index (χ1) is 18.0. The van der Waals surface area contributed by atoms with Gasteiger partial charge in [-0.3, -0.25) is 0 Å². The lowest BCUT2D eigenvalue weighted by molar-refractivity contribution is 0.147. The van der Waals surface area contributed by atoms with Crippen molar-refractivity contribution in [3.8, 4) is 17.2 Å². The van der Waals surface area contributed by atoms with E-state index in [1.165, 1.54) is 25.7 Å². The highest BCUT2D eigenvalue weighted by Gasteiger charge is 2.23. The molecule has 0 N–H and O–H groups in total. The van der Waals surface area contributed by atoms with Crippen molar-refractivity contribution in [1.29, 1.82) is 0 Å². The first-order valence-corrected chi connectivity index (χ1v) is 13.8. The number of ether oxygens (including phenoxy) is 3. The average molecular weight is 510 g/mol. The molecule has 37 heavy (non-hydrogen) atoms. The number of oxime groups is 1. The van der Waals surface area contributed by atoms with Crippen LogP contribution in [0.2, 0.25) is 0 Å². The minimum atomic E-state index is 0.594. The maximum atomic E-state index is 6.29. The van der Waals surface area contributed by atoms with Crippen LogP contribution in [0.15, 0.2) is 53.7 Å². The van der Waals surface area contributed by atoms with E-state index in [1.807, 2.05) is 45.1 Å². The largest absolute Gasteiger partial charge is 0.493 e. The lowest BCUT2D eigenvalue weighted by atomic mass is 9.83. The minimum absolute atomic E-state index is 0.594. The minimum Gasteiger partial charge on any atom is -0.493 e. The third-order valence-corrected chi connectivity index (χ3v) is 6.66. The molecule has 2 aromatic rings. The zero-order valence-electron chi connectivity index (χ0n) is 24.0. The molecule has 0 aromatic heterocycles. The molecule has 0 unspecified atom stereocenters. The summed E-state index contributed by atoms with van der Waals surface area (Å²) < 4.78 is 18.2. The van der Waals surface area contributed by atoms with E-state index in [-0.39, 0.29) is 0 Å². The molecule has 0 atom stereocenters. The number of allylic oxidation sites excluding steroid dienone is 1. The standard InChI is InChI=1S/C30H41NO4.C2H6/c1-6-8-17-33-28-18-22(3)30(23(4)19-28)35-21-25-11-9-24(10-12-25)20-34-27-15-13-26(14-16-27)29(7-2)31-32-5;1-2/h6,8,13-16,18-19,24-25H,7,9-12,17,20-21H2,1-5H3;1-2H3/b8-6+,31-29-;. The van der Waals surface area contributed by atoms with E-state index < -0.39 is 0 Å². The van der Waals surface area contributed by atoms with Gasteiger partial charge in [-0.2, -0.15) is 0 Å². The molecule has 2 aromatic carbocycles. The lowest BCUT2D eigenvalue weighted by Gasteiger charge is -2.29. The normalized spacial score (nSPS) is 17.6. The Kier molecular flexibility index (Phi) is 13.7. The fraction of sp³-hybridized carbons (Fsp3) is 0.531. The Balaban J connectivity index is 0.00000235. The Morgan fingerprint density at radius 3 is 1.95 bits per heavy atom. The van der Waals surface area contributed by atoms with Crippen molar-refractivity contribution >= 4 is 5.71 Å². The van der Waals surface area contributed by atoms with E-state index in [0.29, 0.717) is 18.4 Å². The molecule has 3 rings (SSSR count). The summed E-state index contributed by atoms with van der Waals surface area (Å²) >= 11 is 0. The quantitative estimate of drug-likeness (QED) is 0.164. The second-order valence-electron chi connectivity index (χ2n) is 9.37. The van der Waals surface area contributed by atoms with Gasteiger partial charge in [0.1, 0.15) is 31.0 Å². The summed E-state index contributed by atoms with van der Waals surface area (Å²) in [5.74, 6) is 4.01. The van der Waals surface area contributed by atoms with Crippen LogP contribution in [-0.2, 0) is 4.84 Å². The highest BCUT2D eigenvalue weighted by molar-refractivity contribution is 6.00. The molecular weight excluding hydrogens is 462 g/mol. The van der Waals surface area contributed by atoms with E-state index in [4.69, 9.17) is 19.0 Å². The molecule has 1 aliphatic rings. The molecular formula is C32H47NO4. The molecule has 204 valence electrons. The zero-order chi connectivity index (χ0) is 27.0. The Labute approximate surface area is 224 Å². The number of benzene rings is 2. The number of aryl methyl sites for hydroxylation is 2. The maximum absolute atomic E-state index is 6.29. The first kappa shape index (κ1) is 30.3. The van der Waals surface area contributed by atoms with Crippen molar-refractivity contribution in [2.24, 2.45) is 17.0 Å². The van der Waals surface area contributed by atoms with Crippen molar-refractivity contribution in [2.45, 2.75) is 73.6 Å². The van der Waals surface area contributed by atoms with Crippen LogP contribution in [0.1, 0.15) is 76.5 Å². The van der Waals surface area contributed by atoms with Crippen LogP contribution in [0, 0.1) is 25.7 Å². The van der Waals surface area contributed by atoms with Gasteiger partial charge >= 0.3 is 0 Å². The van der Waals surface area contributed by atoms with Crippen molar-refractivity contribution in [3.63, 3.8) is 0 Å². The molecule has 0 radical (unpaired) electrons. The Bertz CT molecular complexity index is 950. The monoisotopic (exact) mass is 509 g/mol. The molecule has 0 spiro atoms. The van der Waals surface area contributed by atoms with Gasteiger partial charge in [0.05, 0.1) is 18.9 Å². The van der Waals surface area contributed by atoms with Crippen LogP contribution in [0.5, 0.6) is 17.2 Å². The maximum Gasteiger partial charge on any atom is 0.125 e. The summed E-state index contributed by atoms with van der Waals surface area (Å²) in [5, 5.41) is 4.09. The van der Waals surface area contributed by atoms with Crippen LogP contribution in [0.25, 0.3) is 0 Å². The predicted octanol–water partition coefficient (Wildman–Crippen LogP) is 8.31. The third kappa shape index (κ3) is 9.79.